The first-order valence-electron chi connectivity index (χ1n) is 10.4. The zero-order valence-electron chi connectivity index (χ0n) is 17.8. The molecule has 2 aromatic carbocycles. The van der Waals surface area contributed by atoms with Crippen LogP contribution in [0.3, 0.4) is 0 Å². The van der Waals surface area contributed by atoms with Crippen LogP contribution in [0.4, 0.5) is 5.69 Å². The molecule has 7 nitrogen and oxygen atoms in total. The summed E-state index contributed by atoms with van der Waals surface area (Å²) in [7, 11) is 1.53. The molecule has 0 unspecified atom stereocenters. The Bertz CT molecular complexity index is 1090. The first-order chi connectivity index (χ1) is 15.4. The minimum atomic E-state index is -0.663. The van der Waals surface area contributed by atoms with Crippen LogP contribution in [-0.4, -0.2) is 37.3 Å². The van der Waals surface area contributed by atoms with E-state index in [1.165, 1.54) is 24.1 Å². The maximum atomic E-state index is 12.9. The number of carbonyl (C=O) groups excluding carboxylic acids is 4. The predicted molar refractivity (Wildman–Crippen MR) is 116 cm³/mol. The Hall–Kier alpha value is -3.74. The number of ether oxygens (including phenoxy) is 2. The molecule has 0 N–H and O–H groups in total. The van der Waals surface area contributed by atoms with Crippen molar-refractivity contribution in [1.29, 1.82) is 0 Å². The number of benzene rings is 2. The van der Waals surface area contributed by atoms with Gasteiger partial charge in [-0.3, -0.25) is 19.3 Å². The highest BCUT2D eigenvalue weighted by Crippen LogP contribution is 2.40. The molecule has 1 heterocycles. The van der Waals surface area contributed by atoms with Gasteiger partial charge in [-0.2, -0.15) is 0 Å². The molecule has 1 aliphatic carbocycles. The van der Waals surface area contributed by atoms with E-state index in [0.717, 1.165) is 0 Å². The van der Waals surface area contributed by atoms with Gasteiger partial charge in [0.05, 0.1) is 30.2 Å². The van der Waals surface area contributed by atoms with Crippen molar-refractivity contribution in [2.75, 3.05) is 18.6 Å². The molecular weight excluding hydrogens is 410 g/mol. The molecule has 1 fully saturated rings. The minimum Gasteiger partial charge on any atom is -0.497 e. The predicted octanol–water partition coefficient (Wildman–Crippen LogP) is 3.44. The summed E-state index contributed by atoms with van der Waals surface area (Å²) in [4.78, 5) is 51.4. The number of fused-ring (bicyclic) bond motifs is 1. The van der Waals surface area contributed by atoms with Crippen molar-refractivity contribution in [1.82, 2.24) is 0 Å². The molecule has 2 amide bonds. The van der Waals surface area contributed by atoms with Crippen LogP contribution in [0.25, 0.3) is 0 Å². The molecule has 7 heteroatoms. The number of methoxy groups -OCH3 is 1. The maximum Gasteiger partial charge on any atom is 0.338 e. The number of Topliss-reactive ketones (excluding diaryl/α,β-unsaturated/α-hetero) is 1. The number of carbonyl (C=O) groups is 4. The lowest BCUT2D eigenvalue weighted by Gasteiger charge is -2.22. The number of anilines is 1. The standard InChI is InChI=1S/C25H23NO6/c1-15-4-3-5-20-22(15)24(29)26(23(20)28)18-10-6-17(7-11-18)25(30)32-14-21(27)16-8-12-19(31-2)13-9-16/h3-4,6-13,15,20,22H,5,14H2,1-2H3/t15-,20-,22+/m1/s1. The fourth-order valence-electron chi connectivity index (χ4n) is 4.22. The van der Waals surface area contributed by atoms with Crippen molar-refractivity contribution in [3.8, 4) is 5.75 Å². The van der Waals surface area contributed by atoms with Gasteiger partial charge in [-0.1, -0.05) is 19.1 Å². The highest BCUT2D eigenvalue weighted by Gasteiger charge is 2.50. The maximum absolute atomic E-state index is 12.9. The summed E-state index contributed by atoms with van der Waals surface area (Å²) in [6, 6.07) is 12.6. The lowest BCUT2D eigenvalue weighted by Crippen LogP contribution is -2.31. The molecule has 1 saturated heterocycles. The summed E-state index contributed by atoms with van der Waals surface area (Å²) < 4.78 is 10.2. The van der Waals surface area contributed by atoms with E-state index in [9.17, 15) is 19.2 Å². The molecule has 0 radical (unpaired) electrons. The molecule has 3 atom stereocenters. The van der Waals surface area contributed by atoms with Gasteiger partial charge in [0.25, 0.3) is 0 Å². The van der Waals surface area contributed by atoms with Crippen LogP contribution in [0.2, 0.25) is 0 Å². The van der Waals surface area contributed by atoms with E-state index < -0.39 is 12.6 Å². The summed E-state index contributed by atoms with van der Waals surface area (Å²) in [6.07, 6.45) is 4.48. The van der Waals surface area contributed by atoms with Crippen LogP contribution in [0.5, 0.6) is 5.75 Å². The molecule has 0 saturated carbocycles. The number of ketones is 1. The van der Waals surface area contributed by atoms with Gasteiger partial charge in [0, 0.05) is 5.56 Å². The number of rotatable bonds is 6. The Morgan fingerprint density at radius 2 is 1.62 bits per heavy atom. The molecule has 1 aliphatic heterocycles. The van der Waals surface area contributed by atoms with Crippen molar-refractivity contribution < 1.29 is 28.7 Å². The summed E-state index contributed by atoms with van der Waals surface area (Å²) in [5.41, 5.74) is 1.06. The van der Waals surface area contributed by atoms with Crippen LogP contribution < -0.4 is 9.64 Å². The summed E-state index contributed by atoms with van der Waals surface area (Å²) in [6.45, 7) is 1.54. The second-order valence-electron chi connectivity index (χ2n) is 7.94. The fraction of sp³-hybridized carbons (Fsp3) is 0.280. The minimum absolute atomic E-state index is 0.00712. The first-order valence-corrected chi connectivity index (χ1v) is 10.4. The van der Waals surface area contributed by atoms with E-state index >= 15 is 0 Å². The molecule has 32 heavy (non-hydrogen) atoms. The van der Waals surface area contributed by atoms with Crippen molar-refractivity contribution in [2.24, 2.45) is 17.8 Å². The Morgan fingerprint density at radius 1 is 0.969 bits per heavy atom. The summed E-state index contributed by atoms with van der Waals surface area (Å²) in [5.74, 6) is -1.47. The number of allylic oxidation sites excluding steroid dienone is 2. The Morgan fingerprint density at radius 3 is 2.25 bits per heavy atom. The summed E-state index contributed by atoms with van der Waals surface area (Å²) in [5, 5.41) is 0. The van der Waals surface area contributed by atoms with Crippen molar-refractivity contribution in [3.05, 3.63) is 71.8 Å². The molecule has 2 aliphatic rings. The van der Waals surface area contributed by atoms with Gasteiger partial charge in [-0.25, -0.2) is 4.79 Å². The van der Waals surface area contributed by atoms with Gasteiger partial charge in [0.2, 0.25) is 11.8 Å². The molecule has 2 aromatic rings. The molecule has 0 bridgehead atoms. The summed E-state index contributed by atoms with van der Waals surface area (Å²) >= 11 is 0. The fourth-order valence-corrected chi connectivity index (χ4v) is 4.22. The Kier molecular flexibility index (Phi) is 5.90. The smallest absolute Gasteiger partial charge is 0.338 e. The number of amides is 2. The van der Waals surface area contributed by atoms with Gasteiger partial charge < -0.3 is 9.47 Å². The molecular formula is C25H23NO6. The molecule has 0 spiro atoms. The third-order valence-corrected chi connectivity index (χ3v) is 5.98. The zero-order valence-corrected chi connectivity index (χ0v) is 17.8. The van der Waals surface area contributed by atoms with Crippen molar-refractivity contribution in [2.45, 2.75) is 13.3 Å². The first kappa shape index (κ1) is 21.5. The van der Waals surface area contributed by atoms with Gasteiger partial charge in [-0.15, -0.1) is 0 Å². The number of hydrogen-bond donors (Lipinski definition) is 0. The topological polar surface area (TPSA) is 90.0 Å². The van der Waals surface area contributed by atoms with E-state index in [0.29, 0.717) is 23.4 Å². The van der Waals surface area contributed by atoms with Gasteiger partial charge in [-0.05, 0) is 60.9 Å². The second-order valence-corrected chi connectivity index (χ2v) is 7.94. The number of esters is 1. The molecule has 0 aromatic heterocycles. The normalized spacial score (nSPS) is 21.9. The molecule has 4 rings (SSSR count). The average molecular weight is 433 g/mol. The third-order valence-electron chi connectivity index (χ3n) is 5.98. The quantitative estimate of drug-likeness (QED) is 0.300. The van der Waals surface area contributed by atoms with E-state index in [-0.39, 0.29) is 40.9 Å². The van der Waals surface area contributed by atoms with E-state index in [1.807, 2.05) is 19.1 Å². The van der Waals surface area contributed by atoms with E-state index in [2.05, 4.69) is 0 Å². The SMILES string of the molecule is COc1ccc(C(=O)COC(=O)c2ccc(N3C(=O)[C@H]4[C@H](C)C=CC[C@H]4C3=O)cc2)cc1. The van der Waals surface area contributed by atoms with Crippen molar-refractivity contribution >= 4 is 29.3 Å². The zero-order chi connectivity index (χ0) is 22.8. The highest BCUT2D eigenvalue weighted by atomic mass is 16.5. The van der Waals surface area contributed by atoms with Crippen LogP contribution >= 0.6 is 0 Å². The number of nitrogens with zero attached hydrogens (tertiary/aromatic N) is 1. The van der Waals surface area contributed by atoms with Gasteiger partial charge in [0.15, 0.2) is 12.4 Å². The van der Waals surface area contributed by atoms with Crippen LogP contribution in [-0.2, 0) is 14.3 Å². The van der Waals surface area contributed by atoms with Crippen LogP contribution in [0.1, 0.15) is 34.1 Å². The lowest BCUT2D eigenvalue weighted by molar-refractivity contribution is -0.122. The number of imide groups is 1. The largest absolute Gasteiger partial charge is 0.497 e. The Labute approximate surface area is 185 Å². The van der Waals surface area contributed by atoms with E-state index in [4.69, 9.17) is 9.47 Å². The number of hydrogen-bond acceptors (Lipinski definition) is 6. The lowest BCUT2D eigenvalue weighted by atomic mass is 9.78. The van der Waals surface area contributed by atoms with Crippen LogP contribution in [0.15, 0.2) is 60.7 Å². The van der Waals surface area contributed by atoms with Crippen molar-refractivity contribution in [3.63, 3.8) is 0 Å². The molecule has 164 valence electrons. The average Bonchev–Trinajstić information content (AvgIpc) is 3.08. The van der Waals surface area contributed by atoms with E-state index in [1.54, 1.807) is 36.4 Å². The van der Waals surface area contributed by atoms with Crippen LogP contribution in [0, 0.1) is 17.8 Å². The Balaban J connectivity index is 1.40. The van der Waals surface area contributed by atoms with Gasteiger partial charge >= 0.3 is 5.97 Å². The highest BCUT2D eigenvalue weighted by molar-refractivity contribution is 6.22. The van der Waals surface area contributed by atoms with Gasteiger partial charge in [0.1, 0.15) is 5.75 Å². The second kappa shape index (κ2) is 8.78. The third kappa shape index (κ3) is 3.93. The monoisotopic (exact) mass is 433 g/mol.